The second-order valence-corrected chi connectivity index (χ2v) is 7.34. The number of nitrogens with zero attached hydrogens (tertiary/aromatic N) is 1. The van der Waals surface area contributed by atoms with Crippen molar-refractivity contribution in [2.75, 3.05) is 24.0 Å². The van der Waals surface area contributed by atoms with Crippen LogP contribution in [-0.2, 0) is 9.59 Å². The summed E-state index contributed by atoms with van der Waals surface area (Å²) in [7, 11) is 0. The molecule has 152 valence electrons. The number of hydrogen-bond donors (Lipinski definition) is 2. The average molecular weight is 405 g/mol. The quantitative estimate of drug-likeness (QED) is 0.766. The second-order valence-electron chi connectivity index (χ2n) is 7.34. The van der Waals surface area contributed by atoms with Crippen LogP contribution in [0.1, 0.15) is 28.8 Å². The van der Waals surface area contributed by atoms with Crippen molar-refractivity contribution < 1.29 is 23.9 Å². The Bertz CT molecular complexity index is 1090. The van der Waals surface area contributed by atoms with Crippen LogP contribution in [0.25, 0.3) is 6.08 Å². The van der Waals surface area contributed by atoms with Crippen molar-refractivity contribution in [1.29, 1.82) is 0 Å². The van der Waals surface area contributed by atoms with Gasteiger partial charge < -0.3 is 25.0 Å². The molecule has 0 aliphatic carbocycles. The largest absolute Gasteiger partial charge is 0.454 e. The number of fused-ring (bicyclic) bond motifs is 3. The Morgan fingerprint density at radius 1 is 1.13 bits per heavy atom. The van der Waals surface area contributed by atoms with Gasteiger partial charge in [0, 0.05) is 18.3 Å². The monoisotopic (exact) mass is 405 g/mol. The first-order valence-electron chi connectivity index (χ1n) is 9.73. The summed E-state index contributed by atoms with van der Waals surface area (Å²) in [5.41, 5.74) is 2.13. The normalized spacial score (nSPS) is 19.3. The molecule has 0 saturated carbocycles. The summed E-state index contributed by atoms with van der Waals surface area (Å²) in [6.07, 6.45) is 4.55. The molecule has 1 fully saturated rings. The maximum absolute atomic E-state index is 12.9. The van der Waals surface area contributed by atoms with E-state index >= 15 is 0 Å². The molecule has 2 aromatic rings. The van der Waals surface area contributed by atoms with E-state index in [1.165, 1.54) is 6.08 Å². The minimum absolute atomic E-state index is 0.164. The zero-order chi connectivity index (χ0) is 20.7. The number of ether oxygens (including phenoxy) is 2. The van der Waals surface area contributed by atoms with Crippen molar-refractivity contribution in [3.63, 3.8) is 0 Å². The molecule has 30 heavy (non-hydrogen) atoms. The maximum atomic E-state index is 12.9. The van der Waals surface area contributed by atoms with Crippen LogP contribution in [0.3, 0.4) is 0 Å². The van der Waals surface area contributed by atoms with E-state index in [0.717, 1.165) is 12.0 Å². The van der Waals surface area contributed by atoms with Crippen LogP contribution in [0.15, 0.2) is 42.5 Å². The molecule has 5 rings (SSSR count). The molecule has 3 aliphatic heterocycles. The lowest BCUT2D eigenvalue weighted by Crippen LogP contribution is -2.40. The van der Waals surface area contributed by atoms with Gasteiger partial charge in [0.2, 0.25) is 18.6 Å². The van der Waals surface area contributed by atoms with Crippen molar-refractivity contribution in [3.05, 3.63) is 53.6 Å². The van der Waals surface area contributed by atoms with Crippen LogP contribution in [-0.4, -0.2) is 42.0 Å². The van der Waals surface area contributed by atoms with Crippen molar-refractivity contribution >= 4 is 35.2 Å². The van der Waals surface area contributed by atoms with Crippen LogP contribution in [0.4, 0.5) is 11.4 Å². The predicted octanol–water partition coefficient (Wildman–Crippen LogP) is 2.62. The Kier molecular flexibility index (Phi) is 4.39. The predicted molar refractivity (Wildman–Crippen MR) is 109 cm³/mol. The molecule has 2 aromatic carbocycles. The van der Waals surface area contributed by atoms with Gasteiger partial charge in [-0.1, -0.05) is 6.07 Å². The molecular formula is C22H19N3O5. The fourth-order valence-electron chi connectivity index (χ4n) is 3.93. The highest BCUT2D eigenvalue weighted by atomic mass is 16.7. The van der Waals surface area contributed by atoms with Gasteiger partial charge in [0.25, 0.3) is 5.91 Å². The third-order valence-electron chi connectivity index (χ3n) is 5.42. The Morgan fingerprint density at radius 2 is 2.00 bits per heavy atom. The number of carbonyl (C=O) groups is 3. The van der Waals surface area contributed by atoms with Crippen molar-refractivity contribution in [1.82, 2.24) is 4.90 Å². The summed E-state index contributed by atoms with van der Waals surface area (Å²) in [4.78, 5) is 39.2. The third kappa shape index (κ3) is 3.26. The molecule has 2 N–H and O–H groups in total. The topological polar surface area (TPSA) is 97.0 Å². The van der Waals surface area contributed by atoms with Crippen LogP contribution in [0.2, 0.25) is 0 Å². The summed E-state index contributed by atoms with van der Waals surface area (Å²) in [5.74, 6) is 0.625. The van der Waals surface area contributed by atoms with Crippen LogP contribution in [0, 0.1) is 0 Å². The van der Waals surface area contributed by atoms with Crippen molar-refractivity contribution in [2.24, 2.45) is 0 Å². The van der Waals surface area contributed by atoms with Gasteiger partial charge in [0.15, 0.2) is 11.5 Å². The fraction of sp³-hybridized carbons (Fsp3) is 0.227. The van der Waals surface area contributed by atoms with E-state index in [4.69, 9.17) is 9.47 Å². The Balaban J connectivity index is 1.32. The van der Waals surface area contributed by atoms with E-state index < -0.39 is 6.04 Å². The smallest absolute Gasteiger partial charge is 0.256 e. The Labute approximate surface area is 172 Å². The lowest BCUT2D eigenvalue weighted by molar-refractivity contribution is -0.119. The Hall–Kier alpha value is -3.81. The van der Waals surface area contributed by atoms with E-state index in [0.29, 0.717) is 41.4 Å². The molecule has 0 spiro atoms. The average Bonchev–Trinajstić information content (AvgIpc) is 3.40. The number of rotatable bonds is 3. The van der Waals surface area contributed by atoms with Gasteiger partial charge in [-0.3, -0.25) is 14.4 Å². The highest BCUT2D eigenvalue weighted by molar-refractivity contribution is 6.11. The molecule has 1 unspecified atom stereocenters. The number of carbonyl (C=O) groups excluding carboxylic acids is 3. The summed E-state index contributed by atoms with van der Waals surface area (Å²) in [6, 6.07) is 9.89. The molecule has 1 saturated heterocycles. The van der Waals surface area contributed by atoms with Crippen LogP contribution < -0.4 is 20.1 Å². The molecule has 0 radical (unpaired) electrons. The molecular weight excluding hydrogens is 386 g/mol. The minimum atomic E-state index is -0.424. The summed E-state index contributed by atoms with van der Waals surface area (Å²) in [6.45, 7) is 0.754. The SMILES string of the molecule is O=C(/C=C/c1ccc2c(c1)OCO2)Nc1ccc2c(c1)C(=O)N1CCCC1C(=O)N2. The van der Waals surface area contributed by atoms with Crippen LogP contribution in [0.5, 0.6) is 11.5 Å². The molecule has 0 aromatic heterocycles. The summed E-state index contributed by atoms with van der Waals surface area (Å²) >= 11 is 0. The molecule has 8 nitrogen and oxygen atoms in total. The molecule has 3 heterocycles. The summed E-state index contributed by atoms with van der Waals surface area (Å²) < 4.78 is 10.6. The van der Waals surface area contributed by atoms with Gasteiger partial charge in [-0.05, 0) is 54.8 Å². The van der Waals surface area contributed by atoms with Crippen LogP contribution >= 0.6 is 0 Å². The van der Waals surface area contributed by atoms with E-state index in [2.05, 4.69) is 10.6 Å². The van der Waals surface area contributed by atoms with E-state index in [-0.39, 0.29) is 24.5 Å². The van der Waals surface area contributed by atoms with E-state index in [1.807, 2.05) is 6.07 Å². The van der Waals surface area contributed by atoms with Gasteiger partial charge in [0.05, 0.1) is 11.3 Å². The van der Waals surface area contributed by atoms with E-state index in [1.54, 1.807) is 41.3 Å². The van der Waals surface area contributed by atoms with E-state index in [9.17, 15) is 14.4 Å². The van der Waals surface area contributed by atoms with Gasteiger partial charge in [-0.15, -0.1) is 0 Å². The zero-order valence-corrected chi connectivity index (χ0v) is 16.0. The number of anilines is 2. The number of benzene rings is 2. The standard InChI is InChI=1S/C22H19N3O5/c26-20(8-4-13-3-7-18-19(10-13)30-12-29-18)23-14-5-6-16-15(11-14)22(28)25-9-1-2-17(25)21(27)24-16/h3-8,10-11,17H,1-2,9,12H2,(H,23,26)(H,24,27)/b8-4+. The molecule has 8 heteroatoms. The van der Waals surface area contributed by atoms with Crippen molar-refractivity contribution in [3.8, 4) is 11.5 Å². The summed E-state index contributed by atoms with van der Waals surface area (Å²) in [5, 5.41) is 5.58. The first-order chi connectivity index (χ1) is 14.6. The molecule has 3 aliphatic rings. The lowest BCUT2D eigenvalue weighted by Gasteiger charge is -2.20. The van der Waals surface area contributed by atoms with Gasteiger partial charge in [-0.2, -0.15) is 0 Å². The zero-order valence-electron chi connectivity index (χ0n) is 16.0. The minimum Gasteiger partial charge on any atom is -0.454 e. The molecule has 0 bridgehead atoms. The lowest BCUT2D eigenvalue weighted by atomic mass is 10.1. The fourth-order valence-corrected chi connectivity index (χ4v) is 3.93. The van der Waals surface area contributed by atoms with Gasteiger partial charge in [-0.25, -0.2) is 0 Å². The highest BCUT2D eigenvalue weighted by Gasteiger charge is 2.38. The third-order valence-corrected chi connectivity index (χ3v) is 5.42. The van der Waals surface area contributed by atoms with Crippen molar-refractivity contribution in [2.45, 2.75) is 18.9 Å². The first kappa shape index (κ1) is 18.2. The molecule has 1 atom stereocenters. The Morgan fingerprint density at radius 3 is 2.90 bits per heavy atom. The second kappa shape index (κ2) is 7.22. The maximum Gasteiger partial charge on any atom is 0.256 e. The number of hydrogen-bond acceptors (Lipinski definition) is 5. The first-order valence-corrected chi connectivity index (χ1v) is 9.73. The van der Waals surface area contributed by atoms with Gasteiger partial charge >= 0.3 is 0 Å². The highest BCUT2D eigenvalue weighted by Crippen LogP contribution is 2.33. The molecule has 3 amide bonds. The number of amides is 3. The number of nitrogens with one attached hydrogen (secondary N) is 2. The van der Waals surface area contributed by atoms with Gasteiger partial charge in [0.1, 0.15) is 6.04 Å².